The fourth-order valence-electron chi connectivity index (χ4n) is 2.13. The smallest absolute Gasteiger partial charge is 0.136 e. The van der Waals surface area contributed by atoms with Crippen molar-refractivity contribution < 1.29 is 4.55 Å². The minimum atomic E-state index is -1.07. The molecule has 5 heteroatoms. The van der Waals surface area contributed by atoms with Gasteiger partial charge in [-0.1, -0.05) is 12.1 Å². The van der Waals surface area contributed by atoms with E-state index >= 15 is 0 Å². The molecular formula is C15H23N3OS. The third kappa shape index (κ3) is 3.00. The first kappa shape index (κ1) is 15.4. The molecule has 0 bridgehead atoms. The van der Waals surface area contributed by atoms with Gasteiger partial charge < -0.3 is 4.55 Å². The third-order valence-corrected chi connectivity index (χ3v) is 5.08. The molecule has 1 aromatic heterocycles. The van der Waals surface area contributed by atoms with E-state index in [-0.39, 0.29) is 10.8 Å². The number of aromatic nitrogens is 2. The Morgan fingerprint density at radius 3 is 2.60 bits per heavy atom. The molecule has 0 radical (unpaired) electrons. The summed E-state index contributed by atoms with van der Waals surface area (Å²) >= 11 is -1.07. The van der Waals surface area contributed by atoms with Crippen LogP contribution in [0.3, 0.4) is 0 Å². The zero-order valence-electron chi connectivity index (χ0n) is 13.0. The van der Waals surface area contributed by atoms with Crippen molar-refractivity contribution in [2.45, 2.75) is 45.4 Å². The van der Waals surface area contributed by atoms with E-state index in [0.29, 0.717) is 0 Å². The lowest BCUT2D eigenvalue weighted by atomic mass is 10.1. The molecule has 4 nitrogen and oxygen atoms in total. The van der Waals surface area contributed by atoms with Crippen molar-refractivity contribution in [1.29, 1.82) is 0 Å². The van der Waals surface area contributed by atoms with Gasteiger partial charge in [-0.2, -0.15) is 5.10 Å². The summed E-state index contributed by atoms with van der Waals surface area (Å²) in [6.45, 7) is 9.95. The van der Waals surface area contributed by atoms with Crippen LogP contribution < -0.4 is 4.72 Å². The van der Waals surface area contributed by atoms with Crippen LogP contribution in [0.25, 0.3) is 10.9 Å². The fraction of sp³-hybridized carbons (Fsp3) is 0.533. The number of nitrogens with zero attached hydrogens (tertiary/aromatic N) is 2. The zero-order valence-corrected chi connectivity index (χ0v) is 13.8. The van der Waals surface area contributed by atoms with Gasteiger partial charge >= 0.3 is 0 Å². The standard InChI is InChI=1S/C15H23N3OS/c1-10(17-20(19)15(3,4)5)12-7-8-13-11(2)16-18(6)14(13)9-12/h7-10,17H,1-6H3/t10-,20-/m1/s1. The summed E-state index contributed by atoms with van der Waals surface area (Å²) in [5.74, 6) is 0. The highest BCUT2D eigenvalue weighted by Crippen LogP contribution is 2.24. The van der Waals surface area contributed by atoms with Gasteiger partial charge in [0.05, 0.1) is 17.3 Å². The van der Waals surface area contributed by atoms with Crippen LogP contribution in [-0.4, -0.2) is 19.1 Å². The number of nitrogens with one attached hydrogen (secondary N) is 1. The molecule has 2 atom stereocenters. The highest BCUT2D eigenvalue weighted by Gasteiger charge is 2.28. The predicted molar refractivity (Wildman–Crippen MR) is 84.9 cm³/mol. The van der Waals surface area contributed by atoms with Gasteiger partial charge in [0.2, 0.25) is 0 Å². The van der Waals surface area contributed by atoms with Gasteiger partial charge in [0.25, 0.3) is 0 Å². The van der Waals surface area contributed by atoms with E-state index in [1.807, 2.05) is 46.3 Å². The van der Waals surface area contributed by atoms with Gasteiger partial charge in [0, 0.05) is 23.8 Å². The molecule has 0 fully saturated rings. The fourth-order valence-corrected chi connectivity index (χ4v) is 2.94. The number of hydrogen-bond acceptors (Lipinski definition) is 3. The van der Waals surface area contributed by atoms with E-state index in [2.05, 4.69) is 28.0 Å². The topological polar surface area (TPSA) is 52.9 Å². The number of fused-ring (bicyclic) bond motifs is 1. The Labute approximate surface area is 123 Å². The first-order valence-corrected chi connectivity index (χ1v) is 7.96. The zero-order chi connectivity index (χ0) is 15.1. The largest absolute Gasteiger partial charge is 0.598 e. The van der Waals surface area contributed by atoms with Gasteiger partial charge in [-0.15, -0.1) is 4.72 Å². The minimum absolute atomic E-state index is 0.0367. The van der Waals surface area contributed by atoms with E-state index in [4.69, 9.17) is 0 Å². The van der Waals surface area contributed by atoms with Gasteiger partial charge in [0.1, 0.15) is 4.75 Å². The van der Waals surface area contributed by atoms with Crippen molar-refractivity contribution in [2.24, 2.45) is 7.05 Å². The number of rotatable bonds is 3. The van der Waals surface area contributed by atoms with Crippen LogP contribution in [0.4, 0.5) is 0 Å². The molecule has 0 unspecified atom stereocenters. The lowest BCUT2D eigenvalue weighted by Gasteiger charge is -2.26. The molecule has 1 heterocycles. The maximum atomic E-state index is 12.2. The molecule has 1 aromatic carbocycles. The number of benzene rings is 1. The van der Waals surface area contributed by atoms with Crippen LogP contribution in [0.2, 0.25) is 0 Å². The summed E-state index contributed by atoms with van der Waals surface area (Å²) in [5.41, 5.74) is 3.27. The van der Waals surface area contributed by atoms with Crippen LogP contribution in [-0.2, 0) is 18.4 Å². The summed E-state index contributed by atoms with van der Waals surface area (Å²) in [5, 5.41) is 5.59. The quantitative estimate of drug-likeness (QED) is 0.885. The Balaban J connectivity index is 2.27. The highest BCUT2D eigenvalue weighted by atomic mass is 32.2. The maximum absolute atomic E-state index is 12.2. The monoisotopic (exact) mass is 293 g/mol. The molecule has 1 N–H and O–H groups in total. The van der Waals surface area contributed by atoms with E-state index in [1.54, 1.807) is 0 Å². The normalized spacial score (nSPS) is 15.6. The average molecular weight is 293 g/mol. The van der Waals surface area contributed by atoms with Crippen LogP contribution in [0.15, 0.2) is 18.2 Å². The Kier molecular flexibility index (Phi) is 4.14. The molecule has 0 aliphatic carbocycles. The van der Waals surface area contributed by atoms with Crippen LogP contribution in [0, 0.1) is 6.92 Å². The molecule has 0 saturated carbocycles. The number of hydrogen-bond donors (Lipinski definition) is 1. The molecule has 20 heavy (non-hydrogen) atoms. The van der Waals surface area contributed by atoms with Crippen molar-refractivity contribution in [2.75, 3.05) is 0 Å². The molecule has 0 spiro atoms. The second-order valence-corrected chi connectivity index (χ2v) is 8.20. The van der Waals surface area contributed by atoms with E-state index in [0.717, 1.165) is 16.8 Å². The molecule has 0 saturated heterocycles. The first-order chi connectivity index (χ1) is 9.20. The van der Waals surface area contributed by atoms with Crippen molar-refractivity contribution in [1.82, 2.24) is 14.5 Å². The Hall–Kier alpha value is -1.04. The molecule has 2 aromatic rings. The van der Waals surface area contributed by atoms with Crippen molar-refractivity contribution in [3.05, 3.63) is 29.5 Å². The minimum Gasteiger partial charge on any atom is -0.598 e. The molecule has 110 valence electrons. The average Bonchev–Trinajstić information content (AvgIpc) is 2.63. The maximum Gasteiger partial charge on any atom is 0.136 e. The number of aryl methyl sites for hydroxylation is 2. The molecular weight excluding hydrogens is 270 g/mol. The van der Waals surface area contributed by atoms with Crippen LogP contribution >= 0.6 is 0 Å². The lowest BCUT2D eigenvalue weighted by Crippen LogP contribution is -2.40. The van der Waals surface area contributed by atoms with E-state index < -0.39 is 11.4 Å². The summed E-state index contributed by atoms with van der Waals surface area (Å²) in [6.07, 6.45) is 0. The molecule has 0 amide bonds. The Bertz CT molecular complexity index is 615. The summed E-state index contributed by atoms with van der Waals surface area (Å²) in [4.78, 5) is 0. The lowest BCUT2D eigenvalue weighted by molar-refractivity contribution is 0.531. The van der Waals surface area contributed by atoms with Gasteiger partial charge in [0.15, 0.2) is 0 Å². The van der Waals surface area contributed by atoms with Gasteiger partial charge in [-0.05, 0) is 46.2 Å². The van der Waals surface area contributed by atoms with Crippen molar-refractivity contribution in [3.63, 3.8) is 0 Å². The SMILES string of the molecule is Cc1nn(C)c2cc([C@@H](C)N[S@+]([O-])C(C)(C)C)ccc12. The van der Waals surface area contributed by atoms with Gasteiger partial charge in [-0.3, -0.25) is 4.68 Å². The van der Waals surface area contributed by atoms with Crippen LogP contribution in [0.5, 0.6) is 0 Å². The molecule has 0 aliphatic rings. The second kappa shape index (κ2) is 5.39. The highest BCUT2D eigenvalue weighted by molar-refractivity contribution is 7.90. The third-order valence-electron chi connectivity index (χ3n) is 3.40. The van der Waals surface area contributed by atoms with Gasteiger partial charge in [-0.25, -0.2) is 0 Å². The Morgan fingerprint density at radius 1 is 1.35 bits per heavy atom. The van der Waals surface area contributed by atoms with E-state index in [1.165, 1.54) is 5.39 Å². The van der Waals surface area contributed by atoms with E-state index in [9.17, 15) is 4.55 Å². The first-order valence-electron chi connectivity index (χ1n) is 6.81. The summed E-state index contributed by atoms with van der Waals surface area (Å²) in [6, 6.07) is 6.32. The molecule has 0 aliphatic heterocycles. The van der Waals surface area contributed by atoms with Crippen molar-refractivity contribution >= 4 is 22.3 Å². The molecule has 2 rings (SSSR count). The van der Waals surface area contributed by atoms with Crippen molar-refractivity contribution in [3.8, 4) is 0 Å². The summed E-state index contributed by atoms with van der Waals surface area (Å²) in [7, 11) is 1.95. The predicted octanol–water partition coefficient (Wildman–Crippen LogP) is 2.99. The van der Waals surface area contributed by atoms with Crippen LogP contribution in [0.1, 0.15) is 45.0 Å². The Morgan fingerprint density at radius 2 is 2.00 bits per heavy atom. The summed E-state index contributed by atoms with van der Waals surface area (Å²) < 4.78 is 17.0. The second-order valence-electron chi connectivity index (χ2n) is 6.21.